The first-order chi connectivity index (χ1) is 10.8. The molecule has 22 heavy (non-hydrogen) atoms. The number of nitrogens with zero attached hydrogens (tertiary/aromatic N) is 1. The van der Waals surface area contributed by atoms with E-state index in [9.17, 15) is 0 Å². The van der Waals surface area contributed by atoms with E-state index in [1.807, 2.05) is 18.2 Å². The summed E-state index contributed by atoms with van der Waals surface area (Å²) in [7, 11) is 1.69. The van der Waals surface area contributed by atoms with E-state index in [4.69, 9.17) is 9.47 Å². The van der Waals surface area contributed by atoms with Crippen molar-refractivity contribution < 1.29 is 9.47 Å². The van der Waals surface area contributed by atoms with Crippen LogP contribution in [0.5, 0.6) is 11.5 Å². The Bertz CT molecular complexity index is 451. The average molecular weight is 303 g/mol. The number of methoxy groups -OCH3 is 1. The van der Waals surface area contributed by atoms with Crippen molar-refractivity contribution >= 4 is 0 Å². The number of benzene rings is 1. The zero-order valence-electron chi connectivity index (χ0n) is 13.9. The van der Waals surface area contributed by atoms with E-state index in [0.717, 1.165) is 37.5 Å². The number of hydrogen-bond donors (Lipinski definition) is 0. The Balaban J connectivity index is 1.77. The molecule has 1 aliphatic heterocycles. The minimum Gasteiger partial charge on any atom is -0.493 e. The van der Waals surface area contributed by atoms with Gasteiger partial charge in [-0.1, -0.05) is 25.0 Å². The zero-order valence-corrected chi connectivity index (χ0v) is 13.9. The topological polar surface area (TPSA) is 21.7 Å². The van der Waals surface area contributed by atoms with Crippen LogP contribution in [0.15, 0.2) is 30.9 Å². The van der Waals surface area contributed by atoms with Crippen molar-refractivity contribution in [3.8, 4) is 11.5 Å². The molecule has 0 bridgehead atoms. The Morgan fingerprint density at radius 3 is 2.59 bits per heavy atom. The first kappa shape index (κ1) is 16.9. The summed E-state index contributed by atoms with van der Waals surface area (Å²) in [6.07, 6.45) is 9.29. The fourth-order valence-corrected chi connectivity index (χ4v) is 2.95. The normalized spacial score (nSPS) is 16.0. The summed E-state index contributed by atoms with van der Waals surface area (Å²) in [6, 6.07) is 6.11. The molecule has 122 valence electrons. The minimum absolute atomic E-state index is 0.744. The summed E-state index contributed by atoms with van der Waals surface area (Å²) in [5.74, 6) is 1.65. The van der Waals surface area contributed by atoms with Gasteiger partial charge in [-0.2, -0.15) is 0 Å². The van der Waals surface area contributed by atoms with Gasteiger partial charge in [-0.15, -0.1) is 6.58 Å². The quantitative estimate of drug-likeness (QED) is 0.534. The van der Waals surface area contributed by atoms with Crippen LogP contribution in [0.2, 0.25) is 0 Å². The van der Waals surface area contributed by atoms with Gasteiger partial charge < -0.3 is 14.4 Å². The second-order valence-corrected chi connectivity index (χ2v) is 5.94. The second kappa shape index (κ2) is 9.52. The molecule has 0 saturated carbocycles. The Hall–Kier alpha value is -1.48. The number of likely N-dealkylation sites (tertiary alicyclic amines) is 1. The molecule has 0 aromatic heterocycles. The highest BCUT2D eigenvalue weighted by Crippen LogP contribution is 2.28. The minimum atomic E-state index is 0.744. The van der Waals surface area contributed by atoms with Gasteiger partial charge in [0.15, 0.2) is 11.5 Å². The molecule has 3 heteroatoms. The molecule has 0 spiro atoms. The van der Waals surface area contributed by atoms with Crippen molar-refractivity contribution in [1.82, 2.24) is 4.90 Å². The standard InChI is InChI=1S/C19H29NO2/c1-3-9-17-10-11-18(19(16-17)21-2)22-15-8-14-20-12-6-4-5-7-13-20/h3,10-11,16H,1,4-9,12-15H2,2H3. The van der Waals surface area contributed by atoms with Crippen molar-refractivity contribution in [3.05, 3.63) is 36.4 Å². The lowest BCUT2D eigenvalue weighted by molar-refractivity contribution is 0.234. The third-order valence-corrected chi connectivity index (χ3v) is 4.18. The fourth-order valence-electron chi connectivity index (χ4n) is 2.95. The Morgan fingerprint density at radius 2 is 1.91 bits per heavy atom. The lowest BCUT2D eigenvalue weighted by atomic mass is 10.1. The van der Waals surface area contributed by atoms with Crippen LogP contribution in [-0.2, 0) is 6.42 Å². The summed E-state index contributed by atoms with van der Waals surface area (Å²) in [6.45, 7) is 8.15. The lowest BCUT2D eigenvalue weighted by Crippen LogP contribution is -2.26. The molecule has 2 rings (SSSR count). The van der Waals surface area contributed by atoms with E-state index in [2.05, 4.69) is 17.5 Å². The molecule has 0 radical (unpaired) electrons. The van der Waals surface area contributed by atoms with Crippen LogP contribution in [0.25, 0.3) is 0 Å². The van der Waals surface area contributed by atoms with Crippen LogP contribution in [0.3, 0.4) is 0 Å². The number of rotatable bonds is 8. The lowest BCUT2D eigenvalue weighted by Gasteiger charge is -2.19. The maximum Gasteiger partial charge on any atom is 0.161 e. The van der Waals surface area contributed by atoms with Crippen molar-refractivity contribution in [1.29, 1.82) is 0 Å². The zero-order chi connectivity index (χ0) is 15.6. The first-order valence-corrected chi connectivity index (χ1v) is 8.46. The predicted molar refractivity (Wildman–Crippen MR) is 91.9 cm³/mol. The van der Waals surface area contributed by atoms with Crippen LogP contribution >= 0.6 is 0 Å². The van der Waals surface area contributed by atoms with Gasteiger partial charge in [-0.3, -0.25) is 0 Å². The molecule has 1 aliphatic rings. The molecule has 1 saturated heterocycles. The molecule has 1 aromatic carbocycles. The van der Waals surface area contributed by atoms with Crippen LogP contribution in [-0.4, -0.2) is 38.3 Å². The van der Waals surface area contributed by atoms with Crippen LogP contribution < -0.4 is 9.47 Å². The molecule has 0 amide bonds. The first-order valence-electron chi connectivity index (χ1n) is 8.46. The summed E-state index contributed by atoms with van der Waals surface area (Å²) >= 11 is 0. The summed E-state index contributed by atoms with van der Waals surface area (Å²) < 4.78 is 11.3. The molecule has 0 unspecified atom stereocenters. The third kappa shape index (κ3) is 5.38. The second-order valence-electron chi connectivity index (χ2n) is 5.94. The average Bonchev–Trinajstić information content (AvgIpc) is 2.81. The third-order valence-electron chi connectivity index (χ3n) is 4.18. The molecule has 1 fully saturated rings. The van der Waals surface area contributed by atoms with Crippen molar-refractivity contribution in [2.75, 3.05) is 33.4 Å². The highest BCUT2D eigenvalue weighted by molar-refractivity contribution is 5.43. The van der Waals surface area contributed by atoms with Crippen LogP contribution in [0.1, 0.15) is 37.7 Å². The Labute approximate surface area is 134 Å². The summed E-state index contributed by atoms with van der Waals surface area (Å²) in [5.41, 5.74) is 1.20. The van der Waals surface area contributed by atoms with E-state index in [1.54, 1.807) is 7.11 Å². The van der Waals surface area contributed by atoms with Gasteiger partial charge in [0.05, 0.1) is 13.7 Å². The van der Waals surface area contributed by atoms with Gasteiger partial charge in [0.1, 0.15) is 0 Å². The highest BCUT2D eigenvalue weighted by Gasteiger charge is 2.09. The van der Waals surface area contributed by atoms with E-state index >= 15 is 0 Å². The van der Waals surface area contributed by atoms with Crippen molar-refractivity contribution in [2.45, 2.75) is 38.5 Å². The molecule has 1 aromatic rings. The van der Waals surface area contributed by atoms with Crippen molar-refractivity contribution in [2.24, 2.45) is 0 Å². The highest BCUT2D eigenvalue weighted by atomic mass is 16.5. The SMILES string of the molecule is C=CCc1ccc(OCCCN2CCCCCC2)c(OC)c1. The molecule has 3 nitrogen and oxygen atoms in total. The van der Waals surface area contributed by atoms with Gasteiger partial charge in [0.2, 0.25) is 0 Å². The molecular formula is C19H29NO2. The smallest absolute Gasteiger partial charge is 0.161 e. The van der Waals surface area contributed by atoms with Gasteiger partial charge >= 0.3 is 0 Å². The van der Waals surface area contributed by atoms with Crippen LogP contribution in [0, 0.1) is 0 Å². The predicted octanol–water partition coefficient (Wildman–Crippen LogP) is 4.07. The van der Waals surface area contributed by atoms with E-state index in [1.165, 1.54) is 44.3 Å². The Kier molecular flexibility index (Phi) is 7.31. The molecular weight excluding hydrogens is 274 g/mol. The van der Waals surface area contributed by atoms with E-state index in [-0.39, 0.29) is 0 Å². The van der Waals surface area contributed by atoms with Crippen LogP contribution in [0.4, 0.5) is 0 Å². The molecule has 1 heterocycles. The monoisotopic (exact) mass is 303 g/mol. The molecule has 0 N–H and O–H groups in total. The maximum atomic E-state index is 5.91. The van der Waals surface area contributed by atoms with E-state index in [0.29, 0.717) is 0 Å². The molecule has 0 atom stereocenters. The van der Waals surface area contributed by atoms with Gasteiger partial charge in [-0.05, 0) is 56.5 Å². The van der Waals surface area contributed by atoms with Gasteiger partial charge in [0, 0.05) is 6.54 Å². The fraction of sp³-hybridized carbons (Fsp3) is 0.579. The number of hydrogen-bond acceptors (Lipinski definition) is 3. The van der Waals surface area contributed by atoms with Gasteiger partial charge in [0.25, 0.3) is 0 Å². The molecule has 0 aliphatic carbocycles. The number of allylic oxidation sites excluding steroid dienone is 1. The Morgan fingerprint density at radius 1 is 1.14 bits per heavy atom. The maximum absolute atomic E-state index is 5.91. The summed E-state index contributed by atoms with van der Waals surface area (Å²) in [5, 5.41) is 0. The van der Waals surface area contributed by atoms with Gasteiger partial charge in [-0.25, -0.2) is 0 Å². The van der Waals surface area contributed by atoms with Crippen molar-refractivity contribution in [3.63, 3.8) is 0 Å². The summed E-state index contributed by atoms with van der Waals surface area (Å²) in [4.78, 5) is 2.57. The largest absolute Gasteiger partial charge is 0.493 e. The van der Waals surface area contributed by atoms with E-state index < -0.39 is 0 Å². The number of ether oxygens (including phenoxy) is 2.